The highest BCUT2D eigenvalue weighted by Crippen LogP contribution is 2.28. The van der Waals surface area contributed by atoms with Gasteiger partial charge in [0, 0.05) is 17.6 Å². The Morgan fingerprint density at radius 1 is 1.36 bits per heavy atom. The topological polar surface area (TPSA) is 64.4 Å². The van der Waals surface area contributed by atoms with Gasteiger partial charge in [-0.1, -0.05) is 20.3 Å². The molecule has 0 aliphatic heterocycles. The lowest BCUT2D eigenvalue weighted by Gasteiger charge is -2.13. The first kappa shape index (κ1) is 16.3. The van der Waals surface area contributed by atoms with Gasteiger partial charge in [-0.3, -0.25) is 4.68 Å². The Morgan fingerprint density at radius 3 is 2.64 bits per heavy atom. The van der Waals surface area contributed by atoms with Gasteiger partial charge in [0.25, 0.3) is 0 Å². The van der Waals surface area contributed by atoms with Gasteiger partial charge in [0.2, 0.25) is 0 Å². The molecule has 2 rings (SSSR count). The Labute approximate surface area is 130 Å². The van der Waals surface area contributed by atoms with Crippen LogP contribution in [-0.4, -0.2) is 27.0 Å². The molecule has 0 spiro atoms. The lowest BCUT2D eigenvalue weighted by atomic mass is 10.1. The average molecular weight is 304 g/mol. The van der Waals surface area contributed by atoms with Gasteiger partial charge in [0.05, 0.1) is 17.7 Å². The standard InChI is InChI=1S/C17H24N2O3/c1-5-7-13(6-2)19-10-12-8-14(17(20)21)16(22-11(3)4)9-15(12)18-19/h8-11,13H,5-7H2,1-4H3,(H,20,21). The van der Waals surface area contributed by atoms with Gasteiger partial charge >= 0.3 is 5.97 Å². The molecule has 5 nitrogen and oxygen atoms in total. The van der Waals surface area contributed by atoms with E-state index in [1.165, 1.54) is 0 Å². The zero-order chi connectivity index (χ0) is 16.3. The maximum Gasteiger partial charge on any atom is 0.339 e. The Morgan fingerprint density at radius 2 is 2.09 bits per heavy atom. The number of ether oxygens (including phenoxy) is 1. The van der Waals surface area contributed by atoms with Crippen molar-refractivity contribution in [3.05, 3.63) is 23.9 Å². The van der Waals surface area contributed by atoms with Crippen LogP contribution in [0.2, 0.25) is 0 Å². The van der Waals surface area contributed by atoms with Gasteiger partial charge in [0.1, 0.15) is 11.3 Å². The van der Waals surface area contributed by atoms with Gasteiger partial charge < -0.3 is 9.84 Å². The zero-order valence-corrected chi connectivity index (χ0v) is 13.7. The first-order chi connectivity index (χ1) is 10.5. The molecule has 1 aromatic heterocycles. The molecule has 1 aromatic carbocycles. The number of fused-ring (bicyclic) bond motifs is 1. The molecule has 22 heavy (non-hydrogen) atoms. The van der Waals surface area contributed by atoms with Gasteiger partial charge in [-0.15, -0.1) is 0 Å². The largest absolute Gasteiger partial charge is 0.490 e. The minimum Gasteiger partial charge on any atom is -0.490 e. The van der Waals surface area contributed by atoms with Crippen molar-refractivity contribution in [2.75, 3.05) is 0 Å². The minimum atomic E-state index is -0.981. The molecular weight excluding hydrogens is 280 g/mol. The van der Waals surface area contributed by atoms with Crippen LogP contribution in [0.1, 0.15) is 63.4 Å². The number of benzene rings is 1. The van der Waals surface area contributed by atoms with Crippen LogP contribution in [0.25, 0.3) is 10.9 Å². The van der Waals surface area contributed by atoms with Crippen molar-refractivity contribution in [1.29, 1.82) is 0 Å². The third kappa shape index (κ3) is 3.40. The molecule has 1 N–H and O–H groups in total. The number of nitrogens with zero attached hydrogens (tertiary/aromatic N) is 2. The van der Waals surface area contributed by atoms with Crippen molar-refractivity contribution < 1.29 is 14.6 Å². The number of rotatable bonds is 7. The van der Waals surface area contributed by atoms with Gasteiger partial charge in [0.15, 0.2) is 0 Å². The van der Waals surface area contributed by atoms with Crippen LogP contribution in [0, 0.1) is 0 Å². The molecular formula is C17H24N2O3. The normalized spacial score (nSPS) is 12.8. The lowest BCUT2D eigenvalue weighted by Crippen LogP contribution is -2.09. The predicted octanol–water partition coefficient (Wildman–Crippen LogP) is 4.27. The third-order valence-electron chi connectivity index (χ3n) is 3.68. The Hall–Kier alpha value is -2.04. The second-order valence-electron chi connectivity index (χ2n) is 5.84. The Bertz CT molecular complexity index is 661. The van der Waals surface area contributed by atoms with E-state index >= 15 is 0 Å². The summed E-state index contributed by atoms with van der Waals surface area (Å²) in [6, 6.07) is 3.73. The van der Waals surface area contributed by atoms with Gasteiger partial charge in [-0.2, -0.15) is 5.10 Å². The number of carboxylic acid groups (broad SMARTS) is 1. The number of carboxylic acids is 1. The van der Waals surface area contributed by atoms with Crippen LogP contribution >= 0.6 is 0 Å². The molecule has 0 radical (unpaired) electrons. The second kappa shape index (κ2) is 6.81. The van der Waals surface area contributed by atoms with Crippen molar-refractivity contribution in [3.8, 4) is 5.75 Å². The number of aromatic nitrogens is 2. The van der Waals surface area contributed by atoms with E-state index in [-0.39, 0.29) is 11.7 Å². The van der Waals surface area contributed by atoms with E-state index in [1.807, 2.05) is 24.7 Å². The van der Waals surface area contributed by atoms with Crippen molar-refractivity contribution in [2.45, 2.75) is 59.1 Å². The van der Waals surface area contributed by atoms with Crippen LogP contribution in [0.4, 0.5) is 0 Å². The summed E-state index contributed by atoms with van der Waals surface area (Å²) < 4.78 is 7.59. The molecule has 1 heterocycles. The molecule has 1 atom stereocenters. The highest BCUT2D eigenvalue weighted by Gasteiger charge is 2.17. The molecule has 0 amide bonds. The van der Waals surface area contributed by atoms with Crippen LogP contribution < -0.4 is 4.74 Å². The average Bonchev–Trinajstić information content (AvgIpc) is 2.85. The second-order valence-corrected chi connectivity index (χ2v) is 5.84. The van der Waals surface area contributed by atoms with Crippen LogP contribution in [-0.2, 0) is 0 Å². The first-order valence-corrected chi connectivity index (χ1v) is 7.89. The van der Waals surface area contributed by atoms with Crippen molar-refractivity contribution in [2.24, 2.45) is 0 Å². The number of aromatic carboxylic acids is 1. The molecule has 120 valence electrons. The quantitative estimate of drug-likeness (QED) is 0.829. The summed E-state index contributed by atoms with van der Waals surface area (Å²) in [6.07, 6.45) is 5.01. The zero-order valence-electron chi connectivity index (χ0n) is 13.7. The fraction of sp³-hybridized carbons (Fsp3) is 0.529. The van der Waals surface area contributed by atoms with E-state index in [9.17, 15) is 9.90 Å². The van der Waals surface area contributed by atoms with E-state index in [0.29, 0.717) is 11.8 Å². The van der Waals surface area contributed by atoms with Crippen molar-refractivity contribution in [3.63, 3.8) is 0 Å². The molecule has 2 aromatic rings. The molecule has 5 heteroatoms. The van der Waals surface area contributed by atoms with Crippen molar-refractivity contribution in [1.82, 2.24) is 9.78 Å². The third-order valence-corrected chi connectivity index (χ3v) is 3.68. The summed E-state index contributed by atoms with van der Waals surface area (Å²) in [4.78, 5) is 11.4. The fourth-order valence-electron chi connectivity index (χ4n) is 2.63. The number of hydrogen-bond acceptors (Lipinski definition) is 3. The molecule has 0 bridgehead atoms. The number of hydrogen-bond donors (Lipinski definition) is 1. The summed E-state index contributed by atoms with van der Waals surface area (Å²) in [5.74, 6) is -0.602. The number of carbonyl (C=O) groups is 1. The van der Waals surface area contributed by atoms with E-state index in [1.54, 1.807) is 12.1 Å². The predicted molar refractivity (Wildman–Crippen MR) is 86.7 cm³/mol. The molecule has 0 aliphatic rings. The van der Waals surface area contributed by atoms with Crippen LogP contribution in [0.3, 0.4) is 0 Å². The van der Waals surface area contributed by atoms with E-state index < -0.39 is 5.97 Å². The van der Waals surface area contributed by atoms with Crippen LogP contribution in [0.15, 0.2) is 18.3 Å². The Balaban J connectivity index is 2.49. The maximum atomic E-state index is 11.4. The van der Waals surface area contributed by atoms with Gasteiger partial charge in [-0.05, 0) is 32.8 Å². The molecule has 0 aliphatic carbocycles. The highest BCUT2D eigenvalue weighted by atomic mass is 16.5. The van der Waals surface area contributed by atoms with E-state index in [0.717, 1.165) is 30.2 Å². The fourth-order valence-corrected chi connectivity index (χ4v) is 2.63. The molecule has 0 saturated heterocycles. The summed E-state index contributed by atoms with van der Waals surface area (Å²) in [6.45, 7) is 8.05. The summed E-state index contributed by atoms with van der Waals surface area (Å²) in [5.41, 5.74) is 0.958. The van der Waals surface area contributed by atoms with E-state index in [2.05, 4.69) is 18.9 Å². The molecule has 0 fully saturated rings. The van der Waals surface area contributed by atoms with Crippen LogP contribution in [0.5, 0.6) is 5.75 Å². The highest BCUT2D eigenvalue weighted by molar-refractivity contribution is 5.96. The lowest BCUT2D eigenvalue weighted by molar-refractivity contribution is 0.0691. The monoisotopic (exact) mass is 304 g/mol. The maximum absolute atomic E-state index is 11.4. The Kier molecular flexibility index (Phi) is 5.06. The SMILES string of the molecule is CCCC(CC)n1cc2cc(C(=O)O)c(OC(C)C)cc2n1. The minimum absolute atomic E-state index is 0.0823. The first-order valence-electron chi connectivity index (χ1n) is 7.89. The summed E-state index contributed by atoms with van der Waals surface area (Å²) in [5, 5.41) is 14.8. The van der Waals surface area contributed by atoms with Crippen molar-refractivity contribution >= 4 is 16.9 Å². The molecule has 1 unspecified atom stereocenters. The van der Waals surface area contributed by atoms with Gasteiger partial charge in [-0.25, -0.2) is 4.79 Å². The summed E-state index contributed by atoms with van der Waals surface area (Å²) in [7, 11) is 0. The van der Waals surface area contributed by atoms with E-state index in [4.69, 9.17) is 4.74 Å². The summed E-state index contributed by atoms with van der Waals surface area (Å²) >= 11 is 0. The molecule has 0 saturated carbocycles. The smallest absolute Gasteiger partial charge is 0.339 e.